The number of aromatic hydroxyl groups is 1. The number of hydrogen-bond acceptors (Lipinski definition) is 8. The van der Waals surface area contributed by atoms with E-state index in [4.69, 9.17) is 14.2 Å². The molecule has 10 heteroatoms. The highest BCUT2D eigenvalue weighted by atomic mass is 79.9. The van der Waals surface area contributed by atoms with E-state index in [1.165, 1.54) is 32.3 Å². The van der Waals surface area contributed by atoms with E-state index < -0.39 is 17.7 Å². The van der Waals surface area contributed by atoms with Gasteiger partial charge in [-0.1, -0.05) is 0 Å². The molecule has 0 saturated carbocycles. The maximum absolute atomic E-state index is 13.2. The number of amides is 1. The van der Waals surface area contributed by atoms with Crippen LogP contribution in [0.2, 0.25) is 0 Å². The van der Waals surface area contributed by atoms with Crippen LogP contribution >= 0.6 is 15.9 Å². The summed E-state index contributed by atoms with van der Waals surface area (Å²) >= 11 is 3.30. The van der Waals surface area contributed by atoms with E-state index in [0.717, 1.165) is 0 Å². The minimum absolute atomic E-state index is 0.0735. The standard InChI is InChI=1S/C24H27BrN2O7/c1-26(2)8-9-27-20(14-10-15(25)22(29)18(12-14)34-5)19(23(30)24(27)31)21(28)13-6-7-16(32-3)17(11-13)33-4/h6-7,10-12,20,28-29H,8-9H2,1-5H3/b21-19-. The molecule has 0 aromatic heterocycles. The number of phenols is 1. The summed E-state index contributed by atoms with van der Waals surface area (Å²) in [6, 6.07) is 6.95. The van der Waals surface area contributed by atoms with Gasteiger partial charge in [0.1, 0.15) is 5.76 Å². The summed E-state index contributed by atoms with van der Waals surface area (Å²) in [4.78, 5) is 29.5. The zero-order valence-corrected chi connectivity index (χ0v) is 21.2. The lowest BCUT2D eigenvalue weighted by Gasteiger charge is -2.27. The third-order valence-electron chi connectivity index (χ3n) is 5.57. The number of likely N-dealkylation sites (tertiary alicyclic amines) is 1. The van der Waals surface area contributed by atoms with Crippen molar-refractivity contribution in [2.45, 2.75) is 6.04 Å². The predicted octanol–water partition coefficient (Wildman–Crippen LogP) is 3.16. The molecule has 2 aromatic carbocycles. The lowest BCUT2D eigenvalue weighted by molar-refractivity contribution is -0.140. The Morgan fingerprint density at radius 1 is 1.03 bits per heavy atom. The van der Waals surface area contributed by atoms with Gasteiger partial charge in [-0.15, -0.1) is 0 Å². The second-order valence-electron chi connectivity index (χ2n) is 7.92. The quantitative estimate of drug-likeness (QED) is 0.302. The number of aliphatic hydroxyl groups is 1. The van der Waals surface area contributed by atoms with E-state index in [1.807, 2.05) is 19.0 Å². The Kier molecular flexibility index (Phi) is 7.73. The van der Waals surface area contributed by atoms with Crippen LogP contribution in [0.4, 0.5) is 0 Å². The van der Waals surface area contributed by atoms with Gasteiger partial charge < -0.3 is 34.2 Å². The third kappa shape index (κ3) is 4.69. The molecule has 1 atom stereocenters. The van der Waals surface area contributed by atoms with Crippen molar-refractivity contribution in [1.82, 2.24) is 9.80 Å². The van der Waals surface area contributed by atoms with Crippen LogP contribution < -0.4 is 14.2 Å². The first-order chi connectivity index (χ1) is 16.1. The second-order valence-corrected chi connectivity index (χ2v) is 8.77. The molecule has 1 fully saturated rings. The van der Waals surface area contributed by atoms with E-state index in [0.29, 0.717) is 28.1 Å². The summed E-state index contributed by atoms with van der Waals surface area (Å²) in [7, 11) is 8.06. The lowest BCUT2D eigenvalue weighted by Crippen LogP contribution is -2.35. The molecule has 1 heterocycles. The van der Waals surface area contributed by atoms with Gasteiger partial charge in [-0.2, -0.15) is 0 Å². The monoisotopic (exact) mass is 534 g/mol. The third-order valence-corrected chi connectivity index (χ3v) is 6.18. The smallest absolute Gasteiger partial charge is 0.295 e. The molecule has 182 valence electrons. The molecule has 1 aliphatic rings. The summed E-state index contributed by atoms with van der Waals surface area (Å²) in [5.74, 6) is -1.02. The Bertz CT molecular complexity index is 1150. The zero-order valence-electron chi connectivity index (χ0n) is 19.6. The van der Waals surface area contributed by atoms with Gasteiger partial charge in [-0.05, 0) is 65.9 Å². The van der Waals surface area contributed by atoms with E-state index >= 15 is 0 Å². The van der Waals surface area contributed by atoms with Crippen molar-refractivity contribution < 1.29 is 34.0 Å². The van der Waals surface area contributed by atoms with Crippen molar-refractivity contribution >= 4 is 33.4 Å². The van der Waals surface area contributed by atoms with Crippen molar-refractivity contribution in [3.05, 3.63) is 51.5 Å². The number of benzene rings is 2. The number of carbonyl (C=O) groups is 2. The average Bonchev–Trinajstić information content (AvgIpc) is 3.08. The molecule has 0 bridgehead atoms. The lowest BCUT2D eigenvalue weighted by atomic mass is 9.95. The molecular weight excluding hydrogens is 508 g/mol. The van der Waals surface area contributed by atoms with Crippen molar-refractivity contribution in [1.29, 1.82) is 0 Å². The zero-order chi connectivity index (χ0) is 25.2. The first kappa shape index (κ1) is 25.4. The molecule has 2 N–H and O–H groups in total. The Labute approximate surface area is 206 Å². The molecule has 2 aromatic rings. The van der Waals surface area contributed by atoms with Gasteiger partial charge in [-0.3, -0.25) is 9.59 Å². The van der Waals surface area contributed by atoms with Crippen LogP contribution in [0.1, 0.15) is 17.2 Å². The van der Waals surface area contributed by atoms with E-state index in [2.05, 4.69) is 15.9 Å². The molecule has 1 amide bonds. The van der Waals surface area contributed by atoms with Crippen LogP contribution in [0.3, 0.4) is 0 Å². The molecule has 9 nitrogen and oxygen atoms in total. The van der Waals surface area contributed by atoms with Crippen molar-refractivity contribution in [2.24, 2.45) is 0 Å². The number of carbonyl (C=O) groups excluding carboxylic acids is 2. The Hall–Kier alpha value is -3.24. The number of hydrogen-bond donors (Lipinski definition) is 2. The first-order valence-electron chi connectivity index (χ1n) is 10.4. The molecular formula is C24H27BrN2O7. The van der Waals surface area contributed by atoms with Crippen LogP contribution in [-0.4, -0.2) is 80.2 Å². The topological polar surface area (TPSA) is 109 Å². The minimum atomic E-state index is -0.904. The maximum Gasteiger partial charge on any atom is 0.295 e. The number of likely N-dealkylation sites (N-methyl/N-ethyl adjacent to an activating group) is 1. The summed E-state index contributed by atoms with van der Waals surface area (Å²) in [6.07, 6.45) is 0. The number of methoxy groups -OCH3 is 3. The highest BCUT2D eigenvalue weighted by Gasteiger charge is 2.46. The van der Waals surface area contributed by atoms with Crippen molar-refractivity contribution in [2.75, 3.05) is 48.5 Å². The fourth-order valence-corrected chi connectivity index (χ4v) is 4.27. The number of nitrogens with zero attached hydrogens (tertiary/aromatic N) is 2. The minimum Gasteiger partial charge on any atom is -0.507 e. The van der Waals surface area contributed by atoms with Gasteiger partial charge in [0.25, 0.3) is 11.7 Å². The van der Waals surface area contributed by atoms with Crippen LogP contribution in [0, 0.1) is 0 Å². The number of rotatable bonds is 8. The first-order valence-corrected chi connectivity index (χ1v) is 11.2. The van der Waals surface area contributed by atoms with E-state index in [9.17, 15) is 19.8 Å². The molecule has 34 heavy (non-hydrogen) atoms. The highest BCUT2D eigenvalue weighted by Crippen LogP contribution is 2.44. The fraction of sp³-hybridized carbons (Fsp3) is 0.333. The number of ether oxygens (including phenoxy) is 3. The Morgan fingerprint density at radius 2 is 1.68 bits per heavy atom. The van der Waals surface area contributed by atoms with Crippen LogP contribution in [0.5, 0.6) is 23.0 Å². The van der Waals surface area contributed by atoms with Gasteiger partial charge in [0, 0.05) is 18.7 Å². The predicted molar refractivity (Wildman–Crippen MR) is 129 cm³/mol. The van der Waals surface area contributed by atoms with Crippen molar-refractivity contribution in [3.8, 4) is 23.0 Å². The van der Waals surface area contributed by atoms with Crippen LogP contribution in [0.15, 0.2) is 40.4 Å². The normalized spacial score (nSPS) is 17.4. The number of ketones is 1. The van der Waals surface area contributed by atoms with Crippen molar-refractivity contribution in [3.63, 3.8) is 0 Å². The molecule has 0 aliphatic carbocycles. The molecule has 0 spiro atoms. The van der Waals surface area contributed by atoms with E-state index in [-0.39, 0.29) is 34.9 Å². The van der Waals surface area contributed by atoms with Gasteiger partial charge in [0.2, 0.25) is 0 Å². The largest absolute Gasteiger partial charge is 0.507 e. The number of aliphatic hydroxyl groups excluding tert-OH is 1. The molecule has 1 aliphatic heterocycles. The summed E-state index contributed by atoms with van der Waals surface area (Å²) in [5.41, 5.74) is 0.704. The Morgan fingerprint density at radius 3 is 2.26 bits per heavy atom. The van der Waals surface area contributed by atoms with Gasteiger partial charge in [0.05, 0.1) is 37.4 Å². The molecule has 3 rings (SSSR count). The maximum atomic E-state index is 13.2. The second kappa shape index (κ2) is 10.4. The molecule has 0 radical (unpaired) electrons. The Balaban J connectivity index is 2.24. The summed E-state index contributed by atoms with van der Waals surface area (Å²) < 4.78 is 16.2. The van der Waals surface area contributed by atoms with Crippen LogP contribution in [0.25, 0.3) is 5.76 Å². The van der Waals surface area contributed by atoms with Crippen LogP contribution in [-0.2, 0) is 9.59 Å². The van der Waals surface area contributed by atoms with E-state index in [1.54, 1.807) is 24.3 Å². The number of Topliss-reactive ketones (excluding diaryl/α,β-unsaturated/α-hetero) is 1. The SMILES string of the molecule is COc1ccc(/C(O)=C2/C(=O)C(=O)N(CCN(C)C)C2c2cc(Br)c(O)c(OC)c2)cc1OC. The molecule has 1 saturated heterocycles. The van der Waals surface area contributed by atoms with Gasteiger partial charge in [-0.25, -0.2) is 0 Å². The number of phenolic OH excluding ortho intramolecular Hbond substituents is 1. The number of halogens is 1. The fourth-order valence-electron chi connectivity index (χ4n) is 3.81. The van der Waals surface area contributed by atoms with Gasteiger partial charge >= 0.3 is 0 Å². The summed E-state index contributed by atoms with van der Waals surface area (Å²) in [5, 5.41) is 21.5. The molecule has 1 unspecified atom stereocenters. The summed E-state index contributed by atoms with van der Waals surface area (Å²) in [6.45, 7) is 0.738. The van der Waals surface area contributed by atoms with Gasteiger partial charge in [0.15, 0.2) is 23.0 Å². The highest BCUT2D eigenvalue weighted by molar-refractivity contribution is 9.10. The average molecular weight is 535 g/mol.